The molecule has 0 radical (unpaired) electrons. The molecule has 0 atom stereocenters. The van der Waals surface area contributed by atoms with E-state index in [0.717, 1.165) is 0 Å². The zero-order valence-electron chi connectivity index (χ0n) is 15.4. The fourth-order valence-corrected chi connectivity index (χ4v) is 3.15. The van der Waals surface area contributed by atoms with Gasteiger partial charge in [-0.05, 0) is 0 Å². The third-order valence-electron chi connectivity index (χ3n) is 4.71. The van der Waals surface area contributed by atoms with Crippen LogP contribution in [0.4, 0.5) is 0 Å². The highest BCUT2D eigenvalue weighted by molar-refractivity contribution is 6.08. The normalized spacial score (nSPS) is 11.1. The number of unbranched alkanes of at least 4 members (excludes halogenated alkanes) is 17. The maximum atomic E-state index is 2.30. The topological polar surface area (TPSA) is 0 Å². The minimum absolute atomic E-state index is 1.37. The van der Waals surface area contributed by atoms with Crippen molar-refractivity contribution in [2.75, 3.05) is 0 Å². The van der Waals surface area contributed by atoms with Crippen molar-refractivity contribution in [2.24, 2.45) is 0 Å². The van der Waals surface area contributed by atoms with Crippen molar-refractivity contribution in [3.8, 4) is 0 Å². The lowest BCUT2D eigenvalue weighted by molar-refractivity contribution is 0.526. The Balaban J connectivity index is 2.90. The van der Waals surface area contributed by atoms with Gasteiger partial charge >= 0.3 is 0 Å². The summed E-state index contributed by atoms with van der Waals surface area (Å²) in [6.45, 7) is 2.30. The van der Waals surface area contributed by atoms with Crippen LogP contribution >= 0.6 is 0 Å². The number of rotatable bonds is 18. The van der Waals surface area contributed by atoms with Crippen LogP contribution in [0, 0.1) is 0 Å². The van der Waals surface area contributed by atoms with E-state index in [1.807, 2.05) is 0 Å². The van der Waals surface area contributed by atoms with E-state index >= 15 is 0 Å². The first-order valence-electron chi connectivity index (χ1n) is 10.4. The summed E-state index contributed by atoms with van der Waals surface area (Å²) in [6, 6.07) is 0. The molecule has 21 heavy (non-hydrogen) atoms. The highest BCUT2D eigenvalue weighted by Crippen LogP contribution is 2.14. The maximum absolute atomic E-state index is 2.30. The Morgan fingerprint density at radius 3 is 0.857 bits per heavy atom. The molecule has 0 aromatic heterocycles. The lowest BCUT2D eigenvalue weighted by Crippen LogP contribution is -1.84. The van der Waals surface area contributed by atoms with Crippen molar-refractivity contribution in [3.05, 3.63) is 0 Å². The van der Waals surface area contributed by atoms with Crippen molar-refractivity contribution in [1.82, 2.24) is 0 Å². The maximum Gasteiger partial charge on any atom is 0.101 e. The molecule has 0 N–H and O–H groups in total. The minimum atomic E-state index is 1.37. The molecule has 0 amide bonds. The Morgan fingerprint density at radius 1 is 0.381 bits per heavy atom. The van der Waals surface area contributed by atoms with Gasteiger partial charge in [0.15, 0.2) is 0 Å². The molecule has 0 saturated carbocycles. The van der Waals surface area contributed by atoms with Gasteiger partial charge in [0.25, 0.3) is 0 Å². The second kappa shape index (κ2) is 20.1. The predicted molar refractivity (Wildman–Crippen MR) is 102 cm³/mol. The first kappa shape index (κ1) is 21.1. The van der Waals surface area contributed by atoms with Crippen LogP contribution in [0.1, 0.15) is 122 Å². The number of hydrogen-bond donors (Lipinski definition) is 0. The molecule has 0 unspecified atom stereocenters. The summed E-state index contributed by atoms with van der Waals surface area (Å²) in [5.74, 6) is 0. The van der Waals surface area contributed by atoms with Crippen molar-refractivity contribution in [2.45, 2.75) is 129 Å². The summed E-state index contributed by atoms with van der Waals surface area (Å²) in [5, 5.41) is 0. The third kappa shape index (κ3) is 20.1. The molecule has 1 heteroatoms. The van der Waals surface area contributed by atoms with Gasteiger partial charge < -0.3 is 0 Å². The van der Waals surface area contributed by atoms with E-state index in [1.54, 1.807) is 0 Å². The Kier molecular flexibility index (Phi) is 20.1. The van der Waals surface area contributed by atoms with Gasteiger partial charge in [0.05, 0.1) is 0 Å². The van der Waals surface area contributed by atoms with Crippen LogP contribution in [0.3, 0.4) is 0 Å². The lowest BCUT2D eigenvalue weighted by Gasteiger charge is -2.03. The quantitative estimate of drug-likeness (QED) is 0.187. The Hall–Kier alpha value is 0.0649. The van der Waals surface area contributed by atoms with Crippen molar-refractivity contribution < 1.29 is 0 Å². The largest absolute Gasteiger partial charge is 0.101 e. The third-order valence-corrected chi connectivity index (χ3v) is 4.71. The van der Waals surface area contributed by atoms with Gasteiger partial charge in [0.2, 0.25) is 0 Å². The fourth-order valence-electron chi connectivity index (χ4n) is 3.15. The molecule has 0 heterocycles. The van der Waals surface area contributed by atoms with E-state index in [-0.39, 0.29) is 0 Å². The second-order valence-corrected chi connectivity index (χ2v) is 7.01. The summed E-state index contributed by atoms with van der Waals surface area (Å²) in [5.41, 5.74) is 0. The van der Waals surface area contributed by atoms with Gasteiger partial charge in [-0.1, -0.05) is 129 Å². The molecule has 0 aliphatic heterocycles. The zero-order valence-corrected chi connectivity index (χ0v) is 15.4. The van der Waals surface area contributed by atoms with E-state index < -0.39 is 0 Å². The first-order chi connectivity index (χ1) is 10.4. The number of hydrogen-bond acceptors (Lipinski definition) is 0. The monoisotopic (exact) mass is 294 g/mol. The predicted octanol–water partition coefficient (Wildman–Crippen LogP) is 7.08. The van der Waals surface area contributed by atoms with Gasteiger partial charge in [-0.15, -0.1) is 0 Å². The van der Waals surface area contributed by atoms with Gasteiger partial charge in [-0.25, -0.2) is 0 Å². The van der Waals surface area contributed by atoms with Crippen molar-refractivity contribution in [1.29, 1.82) is 0 Å². The smallest absolute Gasteiger partial charge is 0.0811 e. The second-order valence-electron chi connectivity index (χ2n) is 7.01. The van der Waals surface area contributed by atoms with E-state index in [9.17, 15) is 0 Å². The summed E-state index contributed by atoms with van der Waals surface area (Å²) < 4.78 is 0. The van der Waals surface area contributed by atoms with E-state index in [0.29, 0.717) is 0 Å². The molecule has 0 nitrogen and oxygen atoms in total. The molecular weight excluding hydrogens is 251 g/mol. The van der Waals surface area contributed by atoms with E-state index in [4.69, 9.17) is 0 Å². The Bertz CT molecular complexity index is 149. The molecule has 0 aromatic carbocycles. The first-order valence-corrected chi connectivity index (χ1v) is 10.4. The standard InChI is InChI=1S/C20H43B/c1-2-3-4-5-6-7-8-9-10-11-12-13-14-15-16-17-18-19-20-21/h2-21H2,1H3. The van der Waals surface area contributed by atoms with E-state index in [1.165, 1.54) is 122 Å². The van der Waals surface area contributed by atoms with Gasteiger partial charge in [0.1, 0.15) is 7.85 Å². The molecular formula is C20H43B. The Labute approximate surface area is 137 Å². The lowest BCUT2D eigenvalue weighted by atomic mass is 9.98. The molecule has 0 saturated heterocycles. The molecule has 0 aliphatic rings. The highest BCUT2D eigenvalue weighted by Gasteiger charge is 1.94. The van der Waals surface area contributed by atoms with Gasteiger partial charge in [-0.3, -0.25) is 0 Å². The van der Waals surface area contributed by atoms with Crippen molar-refractivity contribution in [3.63, 3.8) is 0 Å². The van der Waals surface area contributed by atoms with Crippen LogP contribution < -0.4 is 0 Å². The highest BCUT2D eigenvalue weighted by atomic mass is 14.0. The molecule has 0 aliphatic carbocycles. The average molecular weight is 294 g/mol. The van der Waals surface area contributed by atoms with Crippen LogP contribution in [0.5, 0.6) is 0 Å². The molecule has 0 fully saturated rings. The van der Waals surface area contributed by atoms with Crippen LogP contribution in [0.15, 0.2) is 0 Å². The van der Waals surface area contributed by atoms with Crippen LogP contribution in [-0.4, -0.2) is 7.85 Å². The van der Waals surface area contributed by atoms with E-state index in [2.05, 4.69) is 14.8 Å². The fraction of sp³-hybridized carbons (Fsp3) is 1.00. The SMILES string of the molecule is BCCCCCCCCCCCCCCCCCCCC. The summed E-state index contributed by atoms with van der Waals surface area (Å²) in [6.07, 6.45) is 27.9. The summed E-state index contributed by atoms with van der Waals surface area (Å²) in [7, 11) is 2.30. The molecule has 0 bridgehead atoms. The van der Waals surface area contributed by atoms with Crippen molar-refractivity contribution >= 4 is 7.85 Å². The zero-order chi connectivity index (χ0) is 15.4. The molecule has 0 rings (SSSR count). The average Bonchev–Trinajstić information content (AvgIpc) is 2.50. The Morgan fingerprint density at radius 2 is 0.619 bits per heavy atom. The summed E-state index contributed by atoms with van der Waals surface area (Å²) in [4.78, 5) is 0. The van der Waals surface area contributed by atoms with Crippen LogP contribution in [0.2, 0.25) is 6.32 Å². The van der Waals surface area contributed by atoms with Gasteiger partial charge in [-0.2, -0.15) is 0 Å². The van der Waals surface area contributed by atoms with Gasteiger partial charge in [0, 0.05) is 0 Å². The minimum Gasteiger partial charge on any atom is -0.0811 e. The molecule has 126 valence electrons. The van der Waals surface area contributed by atoms with Crippen LogP contribution in [0.25, 0.3) is 0 Å². The summed E-state index contributed by atoms with van der Waals surface area (Å²) >= 11 is 0. The van der Waals surface area contributed by atoms with Crippen LogP contribution in [-0.2, 0) is 0 Å². The molecule has 0 aromatic rings. The molecule has 0 spiro atoms.